The van der Waals surface area contributed by atoms with Gasteiger partial charge in [-0.2, -0.15) is 0 Å². The van der Waals surface area contributed by atoms with Crippen molar-refractivity contribution in [2.75, 3.05) is 51.9 Å². The maximum Gasteiger partial charge on any atom is 0.226 e. The average molecular weight is 575 g/mol. The highest BCUT2D eigenvalue weighted by molar-refractivity contribution is 7.90. The van der Waals surface area contributed by atoms with E-state index in [4.69, 9.17) is 9.57 Å². The molecule has 9 nitrogen and oxygen atoms in total. The second kappa shape index (κ2) is 11.3. The Balaban J connectivity index is 1.25. The van der Waals surface area contributed by atoms with Crippen LogP contribution < -0.4 is 0 Å². The molecular weight excluding hydrogens is 542 g/mol. The number of benzene rings is 1. The van der Waals surface area contributed by atoms with Crippen LogP contribution in [-0.4, -0.2) is 92.3 Å². The summed E-state index contributed by atoms with van der Waals surface area (Å²) in [5.41, 5.74) is 3.84. The fourth-order valence-corrected chi connectivity index (χ4v) is 5.81. The number of likely N-dealkylation sites (N-methyl/N-ethyl adjacent to an activating group) is 1. The van der Waals surface area contributed by atoms with E-state index in [1.165, 1.54) is 17.2 Å². The van der Waals surface area contributed by atoms with Crippen molar-refractivity contribution in [3.05, 3.63) is 76.1 Å². The molecule has 12 heteroatoms. The van der Waals surface area contributed by atoms with Crippen molar-refractivity contribution >= 4 is 21.5 Å². The smallest absolute Gasteiger partial charge is 0.226 e. The van der Waals surface area contributed by atoms with Crippen LogP contribution in [0.2, 0.25) is 0 Å². The first-order valence-corrected chi connectivity index (χ1v) is 15.2. The van der Waals surface area contributed by atoms with Crippen molar-refractivity contribution in [1.82, 2.24) is 14.8 Å². The van der Waals surface area contributed by atoms with Gasteiger partial charge in [-0.3, -0.25) is 14.7 Å². The van der Waals surface area contributed by atoms with Crippen LogP contribution in [0.1, 0.15) is 36.1 Å². The minimum Gasteiger partial charge on any atom is -0.394 e. The van der Waals surface area contributed by atoms with Gasteiger partial charge >= 0.3 is 0 Å². The maximum atomic E-state index is 14.0. The molecule has 0 atom stereocenters. The lowest BCUT2D eigenvalue weighted by Crippen LogP contribution is -2.46. The number of oxime groups is 1. The van der Waals surface area contributed by atoms with Crippen molar-refractivity contribution in [1.29, 1.82) is 0 Å². The summed E-state index contributed by atoms with van der Waals surface area (Å²) in [6, 6.07) is 6.96. The molecule has 1 aromatic heterocycles. The normalized spacial score (nSPS) is 19.9. The fourth-order valence-electron chi connectivity index (χ4n) is 5.43. The number of piperidine rings is 1. The molecule has 0 unspecified atom stereocenters. The maximum absolute atomic E-state index is 14.0. The van der Waals surface area contributed by atoms with E-state index in [0.717, 1.165) is 49.9 Å². The van der Waals surface area contributed by atoms with Crippen LogP contribution in [0.15, 0.2) is 52.8 Å². The molecule has 3 aliphatic rings. The van der Waals surface area contributed by atoms with E-state index in [9.17, 15) is 22.0 Å². The third kappa shape index (κ3) is 6.24. The van der Waals surface area contributed by atoms with Crippen LogP contribution in [-0.2, 0) is 30.8 Å². The zero-order valence-electron chi connectivity index (χ0n) is 22.5. The summed E-state index contributed by atoms with van der Waals surface area (Å²) in [7, 11) is -1.42. The number of aromatic nitrogens is 1. The van der Waals surface area contributed by atoms with Crippen LogP contribution in [0.25, 0.3) is 0 Å². The number of nitrogens with zero attached hydrogens (tertiary/aromatic N) is 4. The quantitative estimate of drug-likeness (QED) is 0.207. The second-order valence-corrected chi connectivity index (χ2v) is 12.9. The molecule has 2 aromatic rings. The zero-order chi connectivity index (χ0) is 28.5. The molecule has 5 rings (SSSR count). The van der Waals surface area contributed by atoms with E-state index >= 15 is 0 Å². The number of hydrogen-bond acceptors (Lipinski definition) is 8. The van der Waals surface area contributed by atoms with Crippen LogP contribution in [0.3, 0.4) is 0 Å². The lowest BCUT2D eigenvalue weighted by molar-refractivity contribution is -0.129. The van der Waals surface area contributed by atoms with Crippen LogP contribution >= 0.6 is 0 Å². The van der Waals surface area contributed by atoms with E-state index < -0.39 is 21.5 Å². The van der Waals surface area contributed by atoms with Gasteiger partial charge in [0.2, 0.25) is 5.91 Å². The summed E-state index contributed by atoms with van der Waals surface area (Å²) in [5.74, 6) is -2.13. The minimum absolute atomic E-state index is 0.143. The van der Waals surface area contributed by atoms with Gasteiger partial charge in [-0.05, 0) is 53.8 Å². The lowest BCUT2D eigenvalue weighted by atomic mass is 9.80. The first kappa shape index (κ1) is 28.3. The van der Waals surface area contributed by atoms with Crippen LogP contribution in [0.4, 0.5) is 8.78 Å². The van der Waals surface area contributed by atoms with Crippen molar-refractivity contribution < 1.29 is 31.6 Å². The van der Waals surface area contributed by atoms with E-state index in [2.05, 4.69) is 15.0 Å². The molecule has 1 aromatic carbocycles. The molecule has 1 amide bonds. The standard InChI is InChI=1S/C28H32F2N4O5S/c1-33-17-21-18-38-28(22(21)14-26(33)35)7-9-34(10-8-28)16-19-3-6-25(31-15-19)27(32-39-11-12-40(2,36)37)20-4-5-23(29)24(30)13-20/h3-6,13,15H,7-12,14,16-18H2,1-2H3. The van der Waals surface area contributed by atoms with Gasteiger partial charge in [0, 0.05) is 51.2 Å². The summed E-state index contributed by atoms with van der Waals surface area (Å²) in [4.78, 5) is 26.1. The number of fused-ring (bicyclic) bond motifs is 1. The number of hydrogen-bond donors (Lipinski definition) is 0. The molecular formula is C28H32F2N4O5S. The van der Waals surface area contributed by atoms with Crippen molar-refractivity contribution in [3.63, 3.8) is 0 Å². The third-order valence-corrected chi connectivity index (χ3v) is 8.62. The first-order chi connectivity index (χ1) is 19.0. The Labute approximate surface area is 232 Å². The second-order valence-electron chi connectivity index (χ2n) is 10.7. The van der Waals surface area contributed by atoms with Gasteiger partial charge in [0.05, 0.1) is 30.1 Å². The summed E-state index contributed by atoms with van der Waals surface area (Å²) < 4.78 is 56.6. The van der Waals surface area contributed by atoms with Gasteiger partial charge in [0.1, 0.15) is 12.3 Å². The van der Waals surface area contributed by atoms with Gasteiger partial charge < -0.3 is 14.5 Å². The summed E-state index contributed by atoms with van der Waals surface area (Å²) in [5, 5.41) is 4.01. The van der Waals surface area contributed by atoms with Crippen molar-refractivity contribution in [3.8, 4) is 0 Å². The highest BCUT2D eigenvalue weighted by atomic mass is 32.2. The fraction of sp³-hybridized carbons (Fsp3) is 0.464. The predicted molar refractivity (Wildman–Crippen MR) is 144 cm³/mol. The van der Waals surface area contributed by atoms with Crippen LogP contribution in [0.5, 0.6) is 0 Å². The number of pyridine rings is 1. The Morgan fingerprint density at radius 2 is 1.95 bits per heavy atom. The Bertz CT molecular complexity index is 1450. The molecule has 0 saturated carbocycles. The molecule has 0 aliphatic carbocycles. The summed E-state index contributed by atoms with van der Waals surface area (Å²) >= 11 is 0. The Morgan fingerprint density at radius 3 is 2.62 bits per heavy atom. The van der Waals surface area contributed by atoms with Gasteiger partial charge in [-0.1, -0.05) is 11.2 Å². The lowest BCUT2D eigenvalue weighted by Gasteiger charge is -2.41. The molecule has 40 heavy (non-hydrogen) atoms. The number of carbonyl (C=O) groups is 1. The third-order valence-electron chi connectivity index (χ3n) is 7.71. The highest BCUT2D eigenvalue weighted by Crippen LogP contribution is 2.44. The number of amides is 1. The number of likely N-dealkylation sites (tertiary alicyclic amines) is 1. The highest BCUT2D eigenvalue weighted by Gasteiger charge is 2.46. The monoisotopic (exact) mass is 574 g/mol. The van der Waals surface area contributed by atoms with Gasteiger partial charge in [-0.15, -0.1) is 0 Å². The molecule has 0 radical (unpaired) electrons. The molecule has 1 spiro atoms. The van der Waals surface area contributed by atoms with E-state index in [1.54, 1.807) is 17.2 Å². The number of sulfone groups is 1. The van der Waals surface area contributed by atoms with Crippen molar-refractivity contribution in [2.45, 2.75) is 31.4 Å². The molecule has 214 valence electrons. The van der Waals surface area contributed by atoms with E-state index in [-0.39, 0.29) is 35.1 Å². The number of ether oxygens (including phenoxy) is 1. The van der Waals surface area contributed by atoms with E-state index in [0.29, 0.717) is 31.8 Å². The Morgan fingerprint density at radius 1 is 1.18 bits per heavy atom. The number of rotatable bonds is 8. The Kier molecular flexibility index (Phi) is 8.03. The SMILES string of the molecule is CN1CC2=C(CC1=O)C1(CCN(Cc3ccc(C(=NOCCS(C)(=O)=O)c4ccc(F)c(F)c4)nc3)CC1)OC2. The predicted octanol–water partition coefficient (Wildman–Crippen LogP) is 2.70. The molecule has 0 bridgehead atoms. The molecule has 1 fully saturated rings. The molecule has 0 N–H and O–H groups in total. The number of halogens is 2. The zero-order valence-corrected chi connectivity index (χ0v) is 23.3. The molecule has 4 heterocycles. The molecule has 3 aliphatic heterocycles. The largest absolute Gasteiger partial charge is 0.394 e. The molecule has 1 saturated heterocycles. The van der Waals surface area contributed by atoms with E-state index in [1.807, 2.05) is 13.1 Å². The van der Waals surface area contributed by atoms with Crippen molar-refractivity contribution in [2.24, 2.45) is 5.16 Å². The number of carbonyl (C=O) groups excluding carboxylic acids is 1. The average Bonchev–Trinajstić information content (AvgIpc) is 3.24. The topological polar surface area (TPSA) is 101 Å². The summed E-state index contributed by atoms with van der Waals surface area (Å²) in [6.45, 7) is 3.36. The van der Waals surface area contributed by atoms with Gasteiger partial charge in [0.25, 0.3) is 0 Å². The minimum atomic E-state index is -3.25. The first-order valence-electron chi connectivity index (χ1n) is 13.1. The summed E-state index contributed by atoms with van der Waals surface area (Å²) in [6.07, 6.45) is 4.88. The van der Waals surface area contributed by atoms with Gasteiger partial charge in [-0.25, -0.2) is 17.2 Å². The van der Waals surface area contributed by atoms with Crippen LogP contribution in [0, 0.1) is 11.6 Å². The van der Waals surface area contributed by atoms with Gasteiger partial charge in [0.15, 0.2) is 21.5 Å². The Hall–Kier alpha value is -3.22.